The highest BCUT2D eigenvalue weighted by atomic mass is 16.5. The first-order valence-electron chi connectivity index (χ1n) is 5.23. The first-order chi connectivity index (χ1) is 6.64. The van der Waals surface area contributed by atoms with Gasteiger partial charge < -0.3 is 15.4 Å². The summed E-state index contributed by atoms with van der Waals surface area (Å²) in [5, 5.41) is 0. The fraction of sp³-hybridized carbons (Fsp3) is 1.00. The highest BCUT2D eigenvalue weighted by molar-refractivity contribution is 4.97. The van der Waals surface area contributed by atoms with Crippen LogP contribution < -0.4 is 5.73 Å². The molecule has 1 unspecified atom stereocenters. The fourth-order valence-electron chi connectivity index (χ4n) is 2.07. The second-order valence-electron chi connectivity index (χ2n) is 4.34. The van der Waals surface area contributed by atoms with E-state index in [0.29, 0.717) is 0 Å². The van der Waals surface area contributed by atoms with E-state index in [1.165, 1.54) is 6.42 Å². The predicted octanol–water partition coefficient (Wildman–Crippen LogP) is -0.402. The molecule has 1 fully saturated rings. The van der Waals surface area contributed by atoms with E-state index in [4.69, 9.17) is 10.5 Å². The Hall–Kier alpha value is -0.160. The lowest BCUT2D eigenvalue weighted by Crippen LogP contribution is -2.52. The van der Waals surface area contributed by atoms with Crippen LogP contribution in [0.4, 0.5) is 0 Å². The van der Waals surface area contributed by atoms with Crippen molar-refractivity contribution >= 4 is 0 Å². The number of rotatable bonds is 5. The van der Waals surface area contributed by atoms with Crippen LogP contribution >= 0.6 is 0 Å². The Morgan fingerprint density at radius 2 is 2.21 bits per heavy atom. The van der Waals surface area contributed by atoms with Crippen molar-refractivity contribution in [1.29, 1.82) is 0 Å². The molecule has 1 saturated heterocycles. The molecule has 1 aliphatic rings. The zero-order chi connectivity index (χ0) is 10.6. The number of hydrogen-bond acceptors (Lipinski definition) is 4. The van der Waals surface area contributed by atoms with E-state index in [2.05, 4.69) is 23.9 Å². The monoisotopic (exact) mass is 201 g/mol. The van der Waals surface area contributed by atoms with Crippen LogP contribution in [0.2, 0.25) is 0 Å². The first-order valence-corrected chi connectivity index (χ1v) is 5.23. The van der Waals surface area contributed by atoms with Crippen LogP contribution in [-0.4, -0.2) is 69.3 Å². The molecule has 14 heavy (non-hydrogen) atoms. The molecule has 1 aliphatic heterocycles. The van der Waals surface area contributed by atoms with Gasteiger partial charge in [-0.25, -0.2) is 0 Å². The quantitative estimate of drug-likeness (QED) is 0.657. The van der Waals surface area contributed by atoms with E-state index in [-0.39, 0.29) is 5.54 Å². The average molecular weight is 201 g/mol. The summed E-state index contributed by atoms with van der Waals surface area (Å²) in [6, 6.07) is 0. The Morgan fingerprint density at radius 1 is 1.50 bits per heavy atom. The molecule has 1 atom stereocenters. The molecule has 4 heteroatoms. The average Bonchev–Trinajstić information content (AvgIpc) is 2.59. The van der Waals surface area contributed by atoms with Crippen LogP contribution in [0.1, 0.15) is 6.42 Å². The van der Waals surface area contributed by atoms with E-state index in [9.17, 15) is 0 Å². The molecular weight excluding hydrogens is 178 g/mol. The van der Waals surface area contributed by atoms with Gasteiger partial charge in [0.15, 0.2) is 0 Å². The molecule has 0 radical (unpaired) electrons. The first kappa shape index (κ1) is 11.9. The lowest BCUT2D eigenvalue weighted by atomic mass is 9.97. The molecule has 0 spiro atoms. The van der Waals surface area contributed by atoms with Crippen LogP contribution in [0.15, 0.2) is 0 Å². The van der Waals surface area contributed by atoms with Crippen molar-refractivity contribution in [2.24, 2.45) is 5.73 Å². The Morgan fingerprint density at radius 3 is 2.64 bits per heavy atom. The Bertz CT molecular complexity index is 175. The maximum absolute atomic E-state index is 5.86. The van der Waals surface area contributed by atoms with Gasteiger partial charge in [0.1, 0.15) is 0 Å². The maximum Gasteiger partial charge on any atom is 0.0589 e. The second kappa shape index (κ2) is 5.07. The summed E-state index contributed by atoms with van der Waals surface area (Å²) in [5.74, 6) is 0. The number of hydrogen-bond donors (Lipinski definition) is 1. The summed E-state index contributed by atoms with van der Waals surface area (Å²) in [4.78, 5) is 4.69. The molecule has 0 amide bonds. The summed E-state index contributed by atoms with van der Waals surface area (Å²) in [6.07, 6.45) is 1.17. The smallest absolute Gasteiger partial charge is 0.0589 e. The molecule has 0 aromatic rings. The summed E-state index contributed by atoms with van der Waals surface area (Å²) in [5.41, 5.74) is 6.05. The van der Waals surface area contributed by atoms with Crippen molar-refractivity contribution in [3.63, 3.8) is 0 Å². The van der Waals surface area contributed by atoms with Crippen LogP contribution in [0.25, 0.3) is 0 Å². The van der Waals surface area contributed by atoms with E-state index >= 15 is 0 Å². The third-order valence-electron chi connectivity index (χ3n) is 3.35. The Kier molecular flexibility index (Phi) is 4.31. The lowest BCUT2D eigenvalue weighted by molar-refractivity contribution is 0.133. The molecular formula is C10H23N3O. The van der Waals surface area contributed by atoms with Gasteiger partial charge in [-0.3, -0.25) is 4.90 Å². The Balaban J connectivity index is 2.44. The van der Waals surface area contributed by atoms with E-state index in [1.807, 2.05) is 0 Å². The fourth-order valence-corrected chi connectivity index (χ4v) is 2.07. The van der Waals surface area contributed by atoms with Gasteiger partial charge in [-0.2, -0.15) is 0 Å². The van der Waals surface area contributed by atoms with Crippen LogP contribution in [0.5, 0.6) is 0 Å². The van der Waals surface area contributed by atoms with Crippen molar-refractivity contribution in [3.8, 4) is 0 Å². The predicted molar refractivity (Wildman–Crippen MR) is 58.4 cm³/mol. The molecule has 0 aliphatic carbocycles. The number of likely N-dealkylation sites (N-methyl/N-ethyl adjacent to an activating group) is 1. The lowest BCUT2D eigenvalue weighted by Gasteiger charge is -2.35. The largest absolute Gasteiger partial charge is 0.383 e. The molecule has 2 N–H and O–H groups in total. The SMILES string of the molecule is COCCN1CCC(CN)(N(C)C)C1. The van der Waals surface area contributed by atoms with Crippen molar-refractivity contribution in [3.05, 3.63) is 0 Å². The number of ether oxygens (including phenoxy) is 1. The van der Waals surface area contributed by atoms with Gasteiger partial charge in [0.05, 0.1) is 6.61 Å². The second-order valence-corrected chi connectivity index (χ2v) is 4.34. The molecule has 0 bridgehead atoms. The molecule has 0 aromatic carbocycles. The summed E-state index contributed by atoms with van der Waals surface area (Å²) in [6.45, 7) is 4.78. The van der Waals surface area contributed by atoms with E-state index < -0.39 is 0 Å². The molecule has 4 nitrogen and oxygen atoms in total. The minimum Gasteiger partial charge on any atom is -0.383 e. The highest BCUT2D eigenvalue weighted by Crippen LogP contribution is 2.24. The van der Waals surface area contributed by atoms with Gasteiger partial charge in [-0.05, 0) is 20.5 Å². The normalized spacial score (nSPS) is 28.9. The summed E-state index contributed by atoms with van der Waals surface area (Å²) < 4.78 is 5.08. The minimum atomic E-state index is 0.188. The van der Waals surface area contributed by atoms with Crippen LogP contribution in [0.3, 0.4) is 0 Å². The molecule has 0 aromatic heterocycles. The van der Waals surface area contributed by atoms with Crippen LogP contribution in [0, 0.1) is 0 Å². The van der Waals surface area contributed by atoms with Crippen molar-refractivity contribution in [2.45, 2.75) is 12.0 Å². The van der Waals surface area contributed by atoms with Crippen molar-refractivity contribution in [2.75, 3.05) is 54.0 Å². The van der Waals surface area contributed by atoms with Gasteiger partial charge in [0, 0.05) is 38.8 Å². The van der Waals surface area contributed by atoms with Gasteiger partial charge in [-0.1, -0.05) is 0 Å². The third kappa shape index (κ3) is 2.45. The van der Waals surface area contributed by atoms with Gasteiger partial charge >= 0.3 is 0 Å². The van der Waals surface area contributed by atoms with E-state index in [0.717, 1.165) is 32.8 Å². The van der Waals surface area contributed by atoms with Crippen LogP contribution in [-0.2, 0) is 4.74 Å². The number of methoxy groups -OCH3 is 1. The summed E-state index contributed by atoms with van der Waals surface area (Å²) in [7, 11) is 5.98. The number of nitrogens with two attached hydrogens (primary N) is 1. The van der Waals surface area contributed by atoms with Gasteiger partial charge in [0.2, 0.25) is 0 Å². The topological polar surface area (TPSA) is 41.7 Å². The van der Waals surface area contributed by atoms with Gasteiger partial charge in [0.25, 0.3) is 0 Å². The molecule has 1 heterocycles. The minimum absolute atomic E-state index is 0.188. The zero-order valence-corrected chi connectivity index (χ0v) is 9.62. The molecule has 0 saturated carbocycles. The highest BCUT2D eigenvalue weighted by Gasteiger charge is 2.38. The molecule has 1 rings (SSSR count). The Labute approximate surface area is 87.0 Å². The van der Waals surface area contributed by atoms with Crippen molar-refractivity contribution < 1.29 is 4.74 Å². The summed E-state index contributed by atoms with van der Waals surface area (Å²) >= 11 is 0. The maximum atomic E-state index is 5.86. The standard InChI is InChI=1S/C10H23N3O/c1-12(2)10(8-11)4-5-13(9-10)6-7-14-3/h4-9,11H2,1-3H3. The van der Waals surface area contributed by atoms with Crippen molar-refractivity contribution in [1.82, 2.24) is 9.80 Å². The third-order valence-corrected chi connectivity index (χ3v) is 3.35. The van der Waals surface area contributed by atoms with Gasteiger partial charge in [-0.15, -0.1) is 0 Å². The molecule has 84 valence electrons. The van der Waals surface area contributed by atoms with E-state index in [1.54, 1.807) is 7.11 Å². The number of nitrogens with zero attached hydrogens (tertiary/aromatic N) is 2. The number of likely N-dealkylation sites (tertiary alicyclic amines) is 1. The zero-order valence-electron chi connectivity index (χ0n) is 9.62.